The van der Waals surface area contributed by atoms with E-state index in [1.54, 1.807) is 0 Å². The summed E-state index contributed by atoms with van der Waals surface area (Å²) in [5.41, 5.74) is 0.675. The second-order valence-corrected chi connectivity index (χ2v) is 6.71. The molecule has 0 spiro atoms. The van der Waals surface area contributed by atoms with Crippen LogP contribution in [0.4, 0.5) is 0 Å². The van der Waals surface area contributed by atoms with Gasteiger partial charge in [0.1, 0.15) is 7.35 Å². The monoisotopic (exact) mass is 184 g/mol. The highest BCUT2D eigenvalue weighted by Gasteiger charge is 2.28. The highest BCUT2D eigenvalue weighted by Crippen LogP contribution is 2.61. The minimum absolute atomic E-state index is 0.340. The largest absolute Gasteiger partial charge is 0.343 e. The Bertz CT molecular complexity index is 93.0. The van der Waals surface area contributed by atoms with Crippen LogP contribution in [-0.2, 0) is 4.52 Å². The number of halogens is 1. The van der Waals surface area contributed by atoms with E-state index in [1.165, 1.54) is 0 Å². The highest BCUT2D eigenvalue weighted by molar-refractivity contribution is 8.55. The van der Waals surface area contributed by atoms with Crippen LogP contribution in [0.1, 0.15) is 13.8 Å². The Morgan fingerprint density at radius 1 is 1.67 bits per heavy atom. The minimum Gasteiger partial charge on any atom is -0.343 e. The Morgan fingerprint density at radius 2 is 2.33 bits per heavy atom. The third-order valence-corrected chi connectivity index (χ3v) is 6.47. The Kier molecular flexibility index (Phi) is 3.10. The first-order valence-corrected chi connectivity index (χ1v) is 6.37. The zero-order valence-electron chi connectivity index (χ0n) is 5.50. The van der Waals surface area contributed by atoms with E-state index in [1.807, 2.05) is 11.4 Å². The first kappa shape index (κ1) is 8.13. The van der Waals surface area contributed by atoms with E-state index in [9.17, 15) is 0 Å². The van der Waals surface area contributed by atoms with Crippen molar-refractivity contribution in [3.8, 4) is 0 Å². The second kappa shape index (κ2) is 3.43. The Balaban J connectivity index is 2.35. The molecule has 9 heavy (non-hydrogen) atoms. The van der Waals surface area contributed by atoms with Crippen molar-refractivity contribution < 1.29 is 4.52 Å². The summed E-state index contributed by atoms with van der Waals surface area (Å²) in [7, 11) is -0.340. The van der Waals surface area contributed by atoms with Crippen molar-refractivity contribution in [2.24, 2.45) is 0 Å². The molecule has 0 aromatic heterocycles. The molecule has 0 bridgehead atoms. The predicted molar refractivity (Wildman–Crippen MR) is 45.2 cm³/mol. The van der Waals surface area contributed by atoms with Gasteiger partial charge >= 0.3 is 0 Å². The molecule has 0 radical (unpaired) electrons. The Labute approximate surface area is 66.1 Å². The van der Waals surface area contributed by atoms with E-state index in [0.717, 1.165) is 0 Å². The SMILES string of the molecule is CC1OP(CCl)SC1C. The highest BCUT2D eigenvalue weighted by atomic mass is 35.5. The van der Waals surface area contributed by atoms with Gasteiger partial charge in [-0.1, -0.05) is 18.3 Å². The molecular formula is C5H10ClOPS. The van der Waals surface area contributed by atoms with Crippen LogP contribution in [0.2, 0.25) is 0 Å². The van der Waals surface area contributed by atoms with Gasteiger partial charge in [0.15, 0.2) is 0 Å². The van der Waals surface area contributed by atoms with Crippen molar-refractivity contribution in [1.29, 1.82) is 0 Å². The van der Waals surface area contributed by atoms with Crippen molar-refractivity contribution in [2.75, 3.05) is 5.62 Å². The molecule has 0 N–H and O–H groups in total. The average Bonchev–Trinajstić information content (AvgIpc) is 2.13. The van der Waals surface area contributed by atoms with Crippen molar-refractivity contribution in [3.63, 3.8) is 0 Å². The van der Waals surface area contributed by atoms with E-state index in [0.29, 0.717) is 17.0 Å². The maximum absolute atomic E-state index is 5.62. The molecule has 1 aliphatic heterocycles. The lowest BCUT2D eigenvalue weighted by molar-refractivity contribution is 0.265. The molecule has 3 unspecified atom stereocenters. The second-order valence-electron chi connectivity index (χ2n) is 2.07. The maximum Gasteiger partial charge on any atom is 0.105 e. The number of alkyl halides is 1. The fraction of sp³-hybridized carbons (Fsp3) is 1.00. The van der Waals surface area contributed by atoms with Crippen LogP contribution in [0.15, 0.2) is 0 Å². The smallest absolute Gasteiger partial charge is 0.105 e. The number of rotatable bonds is 1. The lowest BCUT2D eigenvalue weighted by Crippen LogP contribution is -2.09. The van der Waals surface area contributed by atoms with Crippen molar-refractivity contribution >= 4 is 30.3 Å². The molecule has 1 aliphatic rings. The predicted octanol–water partition coefficient (Wildman–Crippen LogP) is 3.04. The standard InChI is InChI=1S/C5H10ClOPS/c1-4-5(2)9-8(3-6)7-4/h4-5H,3H2,1-2H3. The molecule has 0 saturated carbocycles. The molecule has 4 heteroatoms. The van der Waals surface area contributed by atoms with Crippen LogP contribution < -0.4 is 0 Å². The summed E-state index contributed by atoms with van der Waals surface area (Å²) in [5, 5.41) is 0.634. The van der Waals surface area contributed by atoms with Gasteiger partial charge in [0.05, 0.1) is 11.7 Å². The molecule has 0 aromatic rings. The molecule has 54 valence electrons. The van der Waals surface area contributed by atoms with Crippen LogP contribution >= 0.6 is 30.3 Å². The number of hydrogen-bond donors (Lipinski definition) is 0. The normalized spacial score (nSPS) is 43.7. The van der Waals surface area contributed by atoms with Gasteiger partial charge in [0.25, 0.3) is 0 Å². The average molecular weight is 185 g/mol. The van der Waals surface area contributed by atoms with E-state index in [-0.39, 0.29) is 7.35 Å². The lowest BCUT2D eigenvalue weighted by atomic mass is 10.3. The topological polar surface area (TPSA) is 9.23 Å². The summed E-state index contributed by atoms with van der Waals surface area (Å²) < 4.78 is 5.52. The Hall–Kier alpha value is 1.03. The van der Waals surface area contributed by atoms with E-state index in [2.05, 4.69) is 13.8 Å². The first-order chi connectivity index (χ1) is 4.24. The summed E-state index contributed by atoms with van der Waals surface area (Å²) in [6, 6.07) is 0. The molecule has 0 aromatic carbocycles. The third-order valence-electron chi connectivity index (χ3n) is 1.33. The number of hydrogen-bond acceptors (Lipinski definition) is 2. The van der Waals surface area contributed by atoms with Crippen molar-refractivity contribution in [2.45, 2.75) is 25.2 Å². The van der Waals surface area contributed by atoms with Gasteiger partial charge in [0.2, 0.25) is 0 Å². The van der Waals surface area contributed by atoms with Crippen molar-refractivity contribution in [3.05, 3.63) is 0 Å². The zero-order valence-corrected chi connectivity index (χ0v) is 7.97. The van der Waals surface area contributed by atoms with Crippen LogP contribution in [0.25, 0.3) is 0 Å². The van der Waals surface area contributed by atoms with Crippen molar-refractivity contribution in [1.82, 2.24) is 0 Å². The lowest BCUT2D eigenvalue weighted by Gasteiger charge is -2.03. The van der Waals surface area contributed by atoms with Gasteiger partial charge in [-0.3, -0.25) is 0 Å². The zero-order chi connectivity index (χ0) is 6.85. The molecule has 0 aliphatic carbocycles. The minimum atomic E-state index is -0.340. The van der Waals surface area contributed by atoms with Gasteiger partial charge in [0, 0.05) is 5.25 Å². The van der Waals surface area contributed by atoms with E-state index >= 15 is 0 Å². The molecule has 1 heterocycles. The Morgan fingerprint density at radius 3 is 2.56 bits per heavy atom. The fourth-order valence-electron chi connectivity index (χ4n) is 0.623. The quantitative estimate of drug-likeness (QED) is 0.458. The summed E-state index contributed by atoms with van der Waals surface area (Å²) in [5.74, 6) is 0. The summed E-state index contributed by atoms with van der Waals surface area (Å²) >= 11 is 7.51. The van der Waals surface area contributed by atoms with E-state index < -0.39 is 0 Å². The molecule has 1 rings (SSSR count). The molecule has 3 atom stereocenters. The van der Waals surface area contributed by atoms with Gasteiger partial charge in [-0.2, -0.15) is 0 Å². The van der Waals surface area contributed by atoms with Gasteiger partial charge in [-0.05, 0) is 6.92 Å². The van der Waals surface area contributed by atoms with Crippen LogP contribution in [0, 0.1) is 0 Å². The summed E-state index contributed by atoms with van der Waals surface area (Å²) in [6.07, 6.45) is 0.403. The molecule has 1 fully saturated rings. The summed E-state index contributed by atoms with van der Waals surface area (Å²) in [4.78, 5) is 0. The molecule has 1 saturated heterocycles. The van der Waals surface area contributed by atoms with Crippen LogP contribution in [0.3, 0.4) is 0 Å². The van der Waals surface area contributed by atoms with Crippen LogP contribution in [-0.4, -0.2) is 17.0 Å². The van der Waals surface area contributed by atoms with Gasteiger partial charge < -0.3 is 4.52 Å². The first-order valence-electron chi connectivity index (χ1n) is 2.91. The van der Waals surface area contributed by atoms with Gasteiger partial charge in [-0.15, -0.1) is 11.6 Å². The fourth-order valence-corrected chi connectivity index (χ4v) is 5.05. The molecule has 0 amide bonds. The van der Waals surface area contributed by atoms with Gasteiger partial charge in [-0.25, -0.2) is 0 Å². The summed E-state index contributed by atoms with van der Waals surface area (Å²) in [6.45, 7) is 4.29. The van der Waals surface area contributed by atoms with E-state index in [4.69, 9.17) is 16.1 Å². The molecular weight excluding hydrogens is 175 g/mol. The third kappa shape index (κ3) is 1.98. The maximum atomic E-state index is 5.62. The van der Waals surface area contributed by atoms with Crippen LogP contribution in [0.5, 0.6) is 0 Å². The molecule has 1 nitrogen and oxygen atoms in total.